The van der Waals surface area contributed by atoms with Crippen molar-refractivity contribution in [3.05, 3.63) is 83.7 Å². The Morgan fingerprint density at radius 2 is 1.94 bits per heavy atom. The summed E-state index contributed by atoms with van der Waals surface area (Å²) < 4.78 is 24.4. The quantitative estimate of drug-likeness (QED) is 0.608. The average Bonchev–Trinajstić information content (AvgIpc) is 2.77. The highest BCUT2D eigenvalue weighted by molar-refractivity contribution is 5.99. The molecule has 7 heteroatoms. The molecule has 1 heterocycles. The van der Waals surface area contributed by atoms with Crippen LogP contribution in [0.5, 0.6) is 11.5 Å². The number of rotatable bonds is 7. The third kappa shape index (κ3) is 5.24. The van der Waals surface area contributed by atoms with Gasteiger partial charge in [-0.25, -0.2) is 4.39 Å². The normalized spacial score (nSPS) is 12.7. The lowest BCUT2D eigenvalue weighted by atomic mass is 10.1. The van der Waals surface area contributed by atoms with Gasteiger partial charge in [0.05, 0.1) is 18.7 Å². The third-order valence-electron chi connectivity index (χ3n) is 5.04. The number of carbonyl (C=O) groups is 2. The summed E-state index contributed by atoms with van der Waals surface area (Å²) in [7, 11) is 0. The second kappa shape index (κ2) is 9.51. The number of fused-ring (bicyclic) bond motifs is 1. The Hall–Kier alpha value is -3.87. The SMILES string of the molecule is Cc1cccc(OCCN2C(=O)COc3cc(NC(=O)Cc4ccc(F)cc4)ccc32)c1. The van der Waals surface area contributed by atoms with E-state index in [1.807, 2.05) is 31.2 Å². The minimum Gasteiger partial charge on any atom is -0.492 e. The molecule has 0 bridgehead atoms. The lowest BCUT2D eigenvalue weighted by Gasteiger charge is -2.29. The summed E-state index contributed by atoms with van der Waals surface area (Å²) in [5.74, 6) is 0.541. The summed E-state index contributed by atoms with van der Waals surface area (Å²) in [6, 6.07) is 18.7. The first-order chi connectivity index (χ1) is 15.5. The molecular weight excluding hydrogens is 411 g/mol. The van der Waals surface area contributed by atoms with Gasteiger partial charge in [-0.1, -0.05) is 24.3 Å². The van der Waals surface area contributed by atoms with E-state index in [2.05, 4.69) is 5.32 Å². The van der Waals surface area contributed by atoms with Gasteiger partial charge >= 0.3 is 0 Å². The second-order valence-electron chi connectivity index (χ2n) is 7.53. The molecule has 4 rings (SSSR count). The summed E-state index contributed by atoms with van der Waals surface area (Å²) in [5, 5.41) is 2.81. The second-order valence-corrected chi connectivity index (χ2v) is 7.53. The molecule has 0 fully saturated rings. The van der Waals surface area contributed by atoms with E-state index in [4.69, 9.17) is 9.47 Å². The Labute approximate surface area is 185 Å². The minimum atomic E-state index is -0.343. The summed E-state index contributed by atoms with van der Waals surface area (Å²) >= 11 is 0. The Morgan fingerprint density at radius 1 is 1.12 bits per heavy atom. The van der Waals surface area contributed by atoms with Crippen LogP contribution in [0.3, 0.4) is 0 Å². The van der Waals surface area contributed by atoms with Gasteiger partial charge in [-0.3, -0.25) is 9.59 Å². The number of ether oxygens (including phenoxy) is 2. The molecule has 3 aromatic carbocycles. The molecule has 0 aliphatic carbocycles. The van der Waals surface area contributed by atoms with Gasteiger partial charge in [0.1, 0.15) is 23.9 Å². The maximum Gasteiger partial charge on any atom is 0.265 e. The van der Waals surface area contributed by atoms with Crippen LogP contribution in [0.25, 0.3) is 0 Å². The Bertz CT molecular complexity index is 1130. The number of benzene rings is 3. The Balaban J connectivity index is 1.39. The van der Waals surface area contributed by atoms with Gasteiger partial charge in [0.15, 0.2) is 6.61 Å². The molecular formula is C25H23FN2O4. The smallest absolute Gasteiger partial charge is 0.265 e. The first-order valence-electron chi connectivity index (χ1n) is 10.3. The fourth-order valence-electron chi connectivity index (χ4n) is 3.48. The number of hydrogen-bond acceptors (Lipinski definition) is 4. The van der Waals surface area contributed by atoms with Gasteiger partial charge in [0.2, 0.25) is 5.91 Å². The molecule has 0 aromatic heterocycles. The molecule has 1 N–H and O–H groups in total. The number of aryl methyl sites for hydroxylation is 1. The fraction of sp³-hybridized carbons (Fsp3) is 0.200. The summed E-state index contributed by atoms with van der Waals surface area (Å²) in [6.07, 6.45) is 0.124. The molecule has 0 saturated heterocycles. The van der Waals surface area contributed by atoms with Crippen molar-refractivity contribution in [2.45, 2.75) is 13.3 Å². The van der Waals surface area contributed by atoms with Crippen LogP contribution in [0.1, 0.15) is 11.1 Å². The highest BCUT2D eigenvalue weighted by Crippen LogP contribution is 2.34. The van der Waals surface area contributed by atoms with Gasteiger partial charge in [0, 0.05) is 11.8 Å². The van der Waals surface area contributed by atoms with Crippen LogP contribution in [0.2, 0.25) is 0 Å². The molecule has 2 amide bonds. The maximum atomic E-state index is 13.0. The van der Waals surface area contributed by atoms with Crippen LogP contribution in [0, 0.1) is 12.7 Å². The van der Waals surface area contributed by atoms with Gasteiger partial charge in [-0.05, 0) is 54.4 Å². The summed E-state index contributed by atoms with van der Waals surface area (Å²) in [5.41, 5.74) is 3.00. The van der Waals surface area contributed by atoms with E-state index in [0.29, 0.717) is 35.8 Å². The third-order valence-corrected chi connectivity index (χ3v) is 5.04. The van der Waals surface area contributed by atoms with Crippen LogP contribution < -0.4 is 19.7 Å². The zero-order chi connectivity index (χ0) is 22.5. The summed E-state index contributed by atoms with van der Waals surface area (Å²) in [4.78, 5) is 26.3. The van der Waals surface area contributed by atoms with E-state index in [0.717, 1.165) is 11.3 Å². The van der Waals surface area contributed by atoms with Crippen LogP contribution in [-0.2, 0) is 16.0 Å². The van der Waals surface area contributed by atoms with Crippen LogP contribution in [0.4, 0.5) is 15.8 Å². The molecule has 1 aliphatic rings. The van der Waals surface area contributed by atoms with E-state index >= 15 is 0 Å². The van der Waals surface area contributed by atoms with Crippen molar-refractivity contribution in [1.29, 1.82) is 0 Å². The van der Waals surface area contributed by atoms with Crippen molar-refractivity contribution in [2.75, 3.05) is 30.0 Å². The Morgan fingerprint density at radius 3 is 2.72 bits per heavy atom. The van der Waals surface area contributed by atoms with Crippen LogP contribution in [-0.4, -0.2) is 31.6 Å². The number of nitrogens with one attached hydrogen (secondary N) is 1. The molecule has 164 valence electrons. The first-order valence-corrected chi connectivity index (χ1v) is 10.3. The van der Waals surface area contributed by atoms with Gasteiger partial charge in [0.25, 0.3) is 5.91 Å². The van der Waals surface area contributed by atoms with Crippen molar-refractivity contribution < 1.29 is 23.5 Å². The van der Waals surface area contributed by atoms with Crippen molar-refractivity contribution in [1.82, 2.24) is 0 Å². The monoisotopic (exact) mass is 434 g/mol. The van der Waals surface area contributed by atoms with Crippen molar-refractivity contribution >= 4 is 23.2 Å². The largest absolute Gasteiger partial charge is 0.492 e. The first kappa shape index (κ1) is 21.4. The lowest BCUT2D eigenvalue weighted by Crippen LogP contribution is -2.41. The van der Waals surface area contributed by atoms with Gasteiger partial charge in [-0.2, -0.15) is 0 Å². The van der Waals surface area contributed by atoms with E-state index in [1.165, 1.54) is 12.1 Å². The maximum absolute atomic E-state index is 13.0. The Kier molecular flexibility index (Phi) is 6.35. The average molecular weight is 434 g/mol. The molecule has 32 heavy (non-hydrogen) atoms. The number of halogens is 1. The van der Waals surface area contributed by atoms with E-state index in [1.54, 1.807) is 35.2 Å². The standard InChI is InChI=1S/C25H23FN2O4/c1-17-3-2-4-21(13-17)31-12-11-28-22-10-9-20(15-23(22)32-16-25(28)30)27-24(29)14-18-5-7-19(26)8-6-18/h2-10,13,15H,11-12,14,16H2,1H3,(H,27,29). The van der Waals surface area contributed by atoms with Crippen molar-refractivity contribution in [3.63, 3.8) is 0 Å². The van der Waals surface area contributed by atoms with Gasteiger partial charge < -0.3 is 19.7 Å². The zero-order valence-electron chi connectivity index (χ0n) is 17.6. The van der Waals surface area contributed by atoms with Gasteiger partial charge in [-0.15, -0.1) is 0 Å². The number of nitrogens with zero attached hydrogens (tertiary/aromatic N) is 1. The fourth-order valence-corrected chi connectivity index (χ4v) is 3.48. The molecule has 3 aromatic rings. The topological polar surface area (TPSA) is 67.9 Å². The van der Waals surface area contributed by atoms with E-state index in [-0.39, 0.29) is 30.7 Å². The zero-order valence-corrected chi connectivity index (χ0v) is 17.6. The number of amides is 2. The minimum absolute atomic E-state index is 0.0789. The van der Waals surface area contributed by atoms with E-state index < -0.39 is 0 Å². The predicted octanol–water partition coefficient (Wildman–Crippen LogP) is 4.12. The highest BCUT2D eigenvalue weighted by Gasteiger charge is 2.25. The highest BCUT2D eigenvalue weighted by atomic mass is 19.1. The number of hydrogen-bond donors (Lipinski definition) is 1. The molecule has 0 radical (unpaired) electrons. The molecule has 6 nitrogen and oxygen atoms in total. The van der Waals surface area contributed by atoms with Crippen molar-refractivity contribution in [3.8, 4) is 11.5 Å². The molecule has 0 unspecified atom stereocenters. The number of anilines is 2. The van der Waals surface area contributed by atoms with E-state index in [9.17, 15) is 14.0 Å². The molecule has 0 spiro atoms. The molecule has 0 saturated carbocycles. The predicted molar refractivity (Wildman–Crippen MR) is 120 cm³/mol. The molecule has 1 aliphatic heterocycles. The molecule has 0 atom stereocenters. The van der Waals surface area contributed by atoms with Crippen molar-refractivity contribution in [2.24, 2.45) is 0 Å². The van der Waals surface area contributed by atoms with Crippen LogP contribution >= 0.6 is 0 Å². The van der Waals surface area contributed by atoms with Crippen LogP contribution in [0.15, 0.2) is 66.7 Å². The lowest BCUT2D eigenvalue weighted by molar-refractivity contribution is -0.121. The summed E-state index contributed by atoms with van der Waals surface area (Å²) in [6.45, 7) is 2.62. The number of carbonyl (C=O) groups excluding carboxylic acids is 2.